The molecule has 0 amide bonds. The average Bonchev–Trinajstić information content (AvgIpc) is 3.06. The molecule has 2 aromatic heterocycles. The molecule has 3 rings (SSSR count). The van der Waals surface area contributed by atoms with E-state index in [0.717, 1.165) is 11.1 Å². The molecule has 0 saturated carbocycles. The first-order valence-electron chi connectivity index (χ1n) is 8.24. The molecule has 138 valence electrons. The summed E-state index contributed by atoms with van der Waals surface area (Å²) in [5.41, 5.74) is 1.14. The first-order valence-corrected chi connectivity index (χ1v) is 11.0. The molecule has 0 radical (unpaired) electrons. The van der Waals surface area contributed by atoms with E-state index in [9.17, 15) is 12.6 Å². The molecule has 0 saturated heterocycles. The highest BCUT2D eigenvalue weighted by atomic mass is 32.2. The van der Waals surface area contributed by atoms with Crippen LogP contribution >= 0.6 is 0 Å². The quantitative estimate of drug-likeness (QED) is 0.699. The summed E-state index contributed by atoms with van der Waals surface area (Å²) in [7, 11) is -5.11. The Morgan fingerprint density at radius 3 is 2.46 bits per heavy atom. The molecule has 0 spiro atoms. The van der Waals surface area contributed by atoms with Gasteiger partial charge in [-0.3, -0.25) is 5.14 Å². The van der Waals surface area contributed by atoms with Gasteiger partial charge in [0.2, 0.25) is 0 Å². The van der Waals surface area contributed by atoms with Gasteiger partial charge in [0.05, 0.1) is 15.9 Å². The lowest BCUT2D eigenvalue weighted by molar-refractivity contribution is 0.588. The third-order valence-corrected chi connectivity index (χ3v) is 7.08. The number of rotatable bonds is 6. The van der Waals surface area contributed by atoms with Crippen molar-refractivity contribution in [2.75, 3.05) is 0 Å². The van der Waals surface area contributed by atoms with Crippen LogP contribution in [-0.4, -0.2) is 26.8 Å². The van der Waals surface area contributed by atoms with Gasteiger partial charge in [0.1, 0.15) is 0 Å². The van der Waals surface area contributed by atoms with Crippen LogP contribution in [-0.2, 0) is 21.0 Å². The lowest BCUT2D eigenvalue weighted by Gasteiger charge is -2.15. The average molecular weight is 392 g/mol. The molecule has 0 aliphatic rings. The van der Waals surface area contributed by atoms with Gasteiger partial charge in [0, 0.05) is 22.5 Å². The Morgan fingerprint density at radius 1 is 1.12 bits per heavy atom. The first kappa shape index (κ1) is 18.8. The minimum absolute atomic E-state index is 0.00433. The number of fused-ring (bicyclic) bond motifs is 1. The second kappa shape index (κ2) is 7.30. The van der Waals surface area contributed by atoms with E-state index in [4.69, 9.17) is 5.14 Å². The van der Waals surface area contributed by atoms with Crippen molar-refractivity contribution >= 4 is 32.0 Å². The summed E-state index contributed by atoms with van der Waals surface area (Å²) < 4.78 is 38.5. The summed E-state index contributed by atoms with van der Waals surface area (Å²) >= 11 is 0. The smallest absolute Gasteiger partial charge is 0.252 e. The Kier molecular flexibility index (Phi) is 5.27. The van der Waals surface area contributed by atoms with Gasteiger partial charge in [-0.15, -0.1) is 0 Å². The van der Waals surface area contributed by atoms with Gasteiger partial charge in [-0.25, -0.2) is 21.6 Å². The molecule has 1 aromatic carbocycles. The molecule has 3 aromatic rings. The highest BCUT2D eigenvalue weighted by Crippen LogP contribution is 2.25. The van der Waals surface area contributed by atoms with Crippen molar-refractivity contribution in [1.82, 2.24) is 8.96 Å². The van der Waals surface area contributed by atoms with Crippen LogP contribution < -0.4 is 5.14 Å². The Labute approximate surface area is 155 Å². The van der Waals surface area contributed by atoms with E-state index in [0.29, 0.717) is 12.1 Å². The minimum atomic E-state index is -3.72. The molecular formula is C18H21N3O3S2. The molecule has 0 aliphatic heterocycles. The predicted molar refractivity (Wildman–Crippen MR) is 104 cm³/mol. The lowest BCUT2D eigenvalue weighted by Crippen LogP contribution is -2.20. The van der Waals surface area contributed by atoms with Gasteiger partial charge in [0.15, 0.2) is 5.65 Å². The van der Waals surface area contributed by atoms with Gasteiger partial charge in [-0.1, -0.05) is 25.1 Å². The maximum absolute atomic E-state index is 12.9. The second-order valence-corrected chi connectivity index (χ2v) is 9.63. The molecule has 6 nitrogen and oxygen atoms in total. The van der Waals surface area contributed by atoms with Crippen LogP contribution in [0.3, 0.4) is 0 Å². The highest BCUT2D eigenvalue weighted by molar-refractivity contribution is 7.90. The number of aromatic nitrogens is 2. The standard InChI is InChI=1S/C18H21N3O3S2/c1-13(12-14(2)25(19)22)17-9-8-15-10-11-21(18(15)20-17)26(23,24)16-6-4-3-5-7-16/h3-11,13-14H,12,19H2,1-2H3/t13-,14?,25?/m1/s1. The van der Waals surface area contributed by atoms with Crippen LogP contribution in [0.25, 0.3) is 11.0 Å². The van der Waals surface area contributed by atoms with E-state index in [1.807, 2.05) is 26.0 Å². The Morgan fingerprint density at radius 2 is 1.81 bits per heavy atom. The first-order chi connectivity index (χ1) is 12.3. The van der Waals surface area contributed by atoms with Crippen molar-refractivity contribution in [2.45, 2.75) is 36.3 Å². The van der Waals surface area contributed by atoms with E-state index in [1.165, 1.54) is 10.2 Å². The summed E-state index contributed by atoms with van der Waals surface area (Å²) in [6.45, 7) is 3.80. The van der Waals surface area contributed by atoms with Gasteiger partial charge >= 0.3 is 0 Å². The summed E-state index contributed by atoms with van der Waals surface area (Å²) in [4.78, 5) is 4.80. The van der Waals surface area contributed by atoms with Crippen molar-refractivity contribution in [3.63, 3.8) is 0 Å². The maximum atomic E-state index is 12.9. The van der Waals surface area contributed by atoms with Crippen LogP contribution in [0.1, 0.15) is 31.9 Å². The second-order valence-electron chi connectivity index (χ2n) is 6.35. The zero-order valence-electron chi connectivity index (χ0n) is 14.6. The molecule has 2 unspecified atom stereocenters. The number of hydrogen-bond acceptors (Lipinski definition) is 4. The fourth-order valence-corrected chi connectivity index (χ4v) is 4.69. The Bertz CT molecular complexity index is 1050. The normalized spacial score (nSPS) is 15.7. The van der Waals surface area contributed by atoms with Crippen LogP contribution in [0, 0.1) is 0 Å². The van der Waals surface area contributed by atoms with E-state index < -0.39 is 21.0 Å². The molecule has 0 aliphatic carbocycles. The molecular weight excluding hydrogens is 370 g/mol. The molecule has 3 atom stereocenters. The van der Waals surface area contributed by atoms with Gasteiger partial charge in [0.25, 0.3) is 10.0 Å². The van der Waals surface area contributed by atoms with Gasteiger partial charge < -0.3 is 0 Å². The minimum Gasteiger partial charge on any atom is -0.252 e. The molecule has 0 fully saturated rings. The maximum Gasteiger partial charge on any atom is 0.269 e. The van der Waals surface area contributed by atoms with Crippen molar-refractivity contribution < 1.29 is 12.6 Å². The highest BCUT2D eigenvalue weighted by Gasteiger charge is 2.21. The zero-order chi connectivity index (χ0) is 18.9. The predicted octanol–water partition coefficient (Wildman–Crippen LogP) is 2.78. The van der Waals surface area contributed by atoms with Crippen LogP contribution in [0.2, 0.25) is 0 Å². The van der Waals surface area contributed by atoms with Gasteiger partial charge in [-0.2, -0.15) is 0 Å². The summed E-state index contributed by atoms with van der Waals surface area (Å²) in [5, 5.41) is 6.03. The molecule has 26 heavy (non-hydrogen) atoms. The van der Waals surface area contributed by atoms with E-state index >= 15 is 0 Å². The summed E-state index contributed by atoms with van der Waals surface area (Å²) in [6.07, 6.45) is 2.12. The number of benzene rings is 1. The molecule has 8 heteroatoms. The largest absolute Gasteiger partial charge is 0.269 e. The number of nitrogens with zero attached hydrogens (tertiary/aromatic N) is 2. The lowest BCUT2D eigenvalue weighted by atomic mass is 10.0. The van der Waals surface area contributed by atoms with Crippen molar-refractivity contribution in [3.8, 4) is 0 Å². The SMILES string of the molecule is CC(C[C@@H](C)c1ccc2ccn(S(=O)(=O)c3ccccc3)c2n1)S(N)=O. The fourth-order valence-electron chi connectivity index (χ4n) is 2.89. The Hall–Kier alpha value is -2.03. The number of nitrogens with two attached hydrogens (primary N) is 1. The summed E-state index contributed by atoms with van der Waals surface area (Å²) in [6, 6.07) is 13.7. The third-order valence-electron chi connectivity index (χ3n) is 4.41. The van der Waals surface area contributed by atoms with Crippen LogP contribution in [0.5, 0.6) is 0 Å². The van der Waals surface area contributed by atoms with E-state index in [-0.39, 0.29) is 16.1 Å². The molecule has 2 N–H and O–H groups in total. The van der Waals surface area contributed by atoms with E-state index in [1.54, 1.807) is 36.4 Å². The third kappa shape index (κ3) is 3.58. The van der Waals surface area contributed by atoms with E-state index in [2.05, 4.69) is 4.98 Å². The van der Waals surface area contributed by atoms with Gasteiger partial charge in [-0.05, 0) is 49.6 Å². The Balaban J connectivity index is 2.03. The van der Waals surface area contributed by atoms with Crippen LogP contribution in [0.15, 0.2) is 59.6 Å². The monoisotopic (exact) mass is 391 g/mol. The summed E-state index contributed by atoms with van der Waals surface area (Å²) in [5.74, 6) is 0.00433. The molecule has 2 heterocycles. The fraction of sp³-hybridized carbons (Fsp3) is 0.278. The van der Waals surface area contributed by atoms with Crippen molar-refractivity contribution in [1.29, 1.82) is 0 Å². The number of pyridine rings is 1. The van der Waals surface area contributed by atoms with Crippen molar-refractivity contribution in [3.05, 3.63) is 60.4 Å². The number of hydrogen-bond donors (Lipinski definition) is 1. The van der Waals surface area contributed by atoms with Crippen molar-refractivity contribution in [2.24, 2.45) is 5.14 Å². The zero-order valence-corrected chi connectivity index (χ0v) is 16.2. The molecule has 0 bridgehead atoms. The van der Waals surface area contributed by atoms with Crippen LogP contribution in [0.4, 0.5) is 0 Å². The topological polar surface area (TPSA) is 95.1 Å².